The highest BCUT2D eigenvalue weighted by Gasteiger charge is 2.16. The van der Waals surface area contributed by atoms with Gasteiger partial charge in [0.2, 0.25) is 0 Å². The van der Waals surface area contributed by atoms with Crippen molar-refractivity contribution in [2.24, 2.45) is 0 Å². The lowest BCUT2D eigenvalue weighted by Crippen LogP contribution is -1.97. The Morgan fingerprint density at radius 3 is 2.53 bits per heavy atom. The monoisotopic (exact) mass is 398 g/mol. The quantitative estimate of drug-likeness (QED) is 0.739. The van der Waals surface area contributed by atoms with Gasteiger partial charge in [-0.3, -0.25) is 0 Å². The topological polar surface area (TPSA) is 20.2 Å². The Bertz CT molecular complexity index is 539. The van der Waals surface area contributed by atoms with Crippen molar-refractivity contribution in [3.63, 3.8) is 0 Å². The number of rotatable bonds is 2. The minimum absolute atomic E-state index is 0.0505. The molecule has 1 aromatic carbocycles. The van der Waals surface area contributed by atoms with Crippen LogP contribution in [0, 0.1) is 5.82 Å². The van der Waals surface area contributed by atoms with Gasteiger partial charge < -0.3 is 5.11 Å². The number of halogens is 4. The van der Waals surface area contributed by atoms with Crippen molar-refractivity contribution in [3.05, 3.63) is 53.8 Å². The Kier molecular flexibility index (Phi) is 4.26. The molecule has 0 saturated heterocycles. The van der Waals surface area contributed by atoms with Crippen LogP contribution in [-0.4, -0.2) is 5.11 Å². The second kappa shape index (κ2) is 5.36. The highest BCUT2D eigenvalue weighted by molar-refractivity contribution is 9.13. The van der Waals surface area contributed by atoms with Crippen molar-refractivity contribution in [2.75, 3.05) is 0 Å². The van der Waals surface area contributed by atoms with Crippen LogP contribution in [0.5, 0.6) is 0 Å². The number of aliphatic hydroxyl groups is 1. The van der Waals surface area contributed by atoms with Crippen LogP contribution in [0.4, 0.5) is 4.39 Å². The van der Waals surface area contributed by atoms with E-state index in [1.807, 2.05) is 0 Å². The van der Waals surface area contributed by atoms with E-state index in [4.69, 9.17) is 11.6 Å². The third-order valence-electron chi connectivity index (χ3n) is 2.19. The molecule has 0 radical (unpaired) electrons. The Hall–Kier alpha value is 0.0600. The number of thiophene rings is 1. The number of aliphatic hydroxyl groups excluding tert-OH is 1. The molecule has 1 nitrogen and oxygen atoms in total. The van der Waals surface area contributed by atoms with Gasteiger partial charge >= 0.3 is 0 Å². The third kappa shape index (κ3) is 2.90. The smallest absolute Gasteiger partial charge is 0.142 e. The number of hydrogen-bond donors (Lipinski definition) is 1. The first-order valence-corrected chi connectivity index (χ1v) is 7.35. The van der Waals surface area contributed by atoms with Gasteiger partial charge in [0.15, 0.2) is 0 Å². The predicted molar refractivity (Wildman–Crippen MR) is 75.2 cm³/mol. The molecule has 0 bridgehead atoms. The van der Waals surface area contributed by atoms with E-state index in [1.54, 1.807) is 12.1 Å². The van der Waals surface area contributed by atoms with E-state index >= 15 is 0 Å². The molecular formula is C11H6Br2ClFOS. The van der Waals surface area contributed by atoms with Gasteiger partial charge in [0.25, 0.3) is 0 Å². The molecule has 6 heteroatoms. The van der Waals surface area contributed by atoms with E-state index in [0.29, 0.717) is 5.56 Å². The first kappa shape index (κ1) is 13.5. The zero-order chi connectivity index (χ0) is 12.6. The minimum atomic E-state index is -0.852. The maximum atomic E-state index is 13.3. The molecule has 1 N–H and O–H groups in total. The van der Waals surface area contributed by atoms with Gasteiger partial charge in [-0.1, -0.05) is 17.7 Å². The van der Waals surface area contributed by atoms with Crippen molar-refractivity contribution in [1.82, 2.24) is 0 Å². The van der Waals surface area contributed by atoms with Gasteiger partial charge in [-0.15, -0.1) is 11.3 Å². The van der Waals surface area contributed by atoms with Crippen LogP contribution in [0.25, 0.3) is 0 Å². The lowest BCUT2D eigenvalue weighted by molar-refractivity contribution is 0.223. The summed E-state index contributed by atoms with van der Waals surface area (Å²) in [4.78, 5) is 0.727. The van der Waals surface area contributed by atoms with Crippen LogP contribution in [0.3, 0.4) is 0 Å². The molecule has 1 aromatic heterocycles. The average molecular weight is 400 g/mol. The molecule has 0 spiro atoms. The Morgan fingerprint density at radius 2 is 2.00 bits per heavy atom. The van der Waals surface area contributed by atoms with Gasteiger partial charge in [0.05, 0.1) is 8.81 Å². The van der Waals surface area contributed by atoms with Gasteiger partial charge in [-0.05, 0) is 55.6 Å². The van der Waals surface area contributed by atoms with Crippen LogP contribution in [0.2, 0.25) is 5.02 Å². The molecule has 1 unspecified atom stereocenters. The lowest BCUT2D eigenvalue weighted by Gasteiger charge is -2.09. The van der Waals surface area contributed by atoms with Crippen molar-refractivity contribution in [1.29, 1.82) is 0 Å². The largest absolute Gasteiger partial charge is 0.383 e. The number of hydrogen-bond acceptors (Lipinski definition) is 2. The average Bonchev–Trinajstić information content (AvgIpc) is 2.62. The summed E-state index contributed by atoms with van der Waals surface area (Å²) >= 11 is 13.7. The summed E-state index contributed by atoms with van der Waals surface area (Å²) in [5.74, 6) is -0.530. The Balaban J connectivity index is 2.36. The molecule has 0 fully saturated rings. The first-order valence-electron chi connectivity index (χ1n) is 4.57. The Morgan fingerprint density at radius 1 is 1.29 bits per heavy atom. The normalized spacial score (nSPS) is 12.8. The van der Waals surface area contributed by atoms with Crippen LogP contribution in [0.1, 0.15) is 16.5 Å². The fourth-order valence-electron chi connectivity index (χ4n) is 1.34. The second-order valence-electron chi connectivity index (χ2n) is 3.35. The fourth-order valence-corrected chi connectivity index (χ4v) is 3.57. The highest BCUT2D eigenvalue weighted by atomic mass is 79.9. The minimum Gasteiger partial charge on any atom is -0.383 e. The molecule has 90 valence electrons. The van der Waals surface area contributed by atoms with Crippen molar-refractivity contribution >= 4 is 54.8 Å². The van der Waals surface area contributed by atoms with Crippen molar-refractivity contribution in [2.45, 2.75) is 6.10 Å². The van der Waals surface area contributed by atoms with E-state index in [-0.39, 0.29) is 5.02 Å². The van der Waals surface area contributed by atoms with Crippen LogP contribution in [-0.2, 0) is 0 Å². The lowest BCUT2D eigenvalue weighted by atomic mass is 10.1. The molecule has 1 heterocycles. The predicted octanol–water partition coefficient (Wildman–Crippen LogP) is 5.15. The summed E-state index contributed by atoms with van der Waals surface area (Å²) in [6.07, 6.45) is -0.852. The van der Waals surface area contributed by atoms with Gasteiger partial charge in [0, 0.05) is 9.35 Å². The van der Waals surface area contributed by atoms with Gasteiger partial charge in [0.1, 0.15) is 11.9 Å². The Labute approximate surface area is 123 Å². The van der Waals surface area contributed by atoms with Crippen molar-refractivity contribution in [3.8, 4) is 0 Å². The summed E-state index contributed by atoms with van der Waals surface area (Å²) < 4.78 is 15.0. The molecule has 0 aliphatic carbocycles. The van der Waals surface area contributed by atoms with Gasteiger partial charge in [-0.2, -0.15) is 0 Å². The van der Waals surface area contributed by atoms with Crippen LogP contribution >= 0.6 is 54.8 Å². The van der Waals surface area contributed by atoms with E-state index in [0.717, 1.165) is 13.1 Å². The molecule has 0 saturated carbocycles. The maximum absolute atomic E-state index is 13.3. The second-order valence-corrected chi connectivity index (χ2v) is 7.01. The summed E-state index contributed by atoms with van der Waals surface area (Å²) in [7, 11) is 0. The van der Waals surface area contributed by atoms with E-state index < -0.39 is 11.9 Å². The summed E-state index contributed by atoms with van der Waals surface area (Å²) in [6.45, 7) is 0. The summed E-state index contributed by atoms with van der Waals surface area (Å²) in [6, 6.07) is 6.09. The van der Waals surface area contributed by atoms with Crippen LogP contribution in [0.15, 0.2) is 32.5 Å². The van der Waals surface area contributed by atoms with E-state index in [2.05, 4.69) is 31.9 Å². The third-order valence-corrected chi connectivity index (χ3v) is 5.81. The van der Waals surface area contributed by atoms with E-state index in [9.17, 15) is 9.50 Å². The highest BCUT2D eigenvalue weighted by Crippen LogP contribution is 2.37. The zero-order valence-corrected chi connectivity index (χ0v) is 13.0. The standard InChI is InChI=1S/C11H6Br2ClFOS/c12-6-4-9(17-11(6)13)10(16)5-1-2-7(14)8(15)3-5/h1-4,10,16H. The molecule has 2 aromatic rings. The van der Waals surface area contributed by atoms with E-state index in [1.165, 1.54) is 23.5 Å². The molecular weight excluding hydrogens is 394 g/mol. The van der Waals surface area contributed by atoms with Crippen molar-refractivity contribution < 1.29 is 9.50 Å². The van der Waals surface area contributed by atoms with Crippen LogP contribution < -0.4 is 0 Å². The molecule has 0 amide bonds. The molecule has 0 aliphatic heterocycles. The van der Waals surface area contributed by atoms with Gasteiger partial charge in [-0.25, -0.2) is 4.39 Å². The molecule has 17 heavy (non-hydrogen) atoms. The number of benzene rings is 1. The zero-order valence-electron chi connectivity index (χ0n) is 8.25. The first-order chi connectivity index (χ1) is 7.99. The molecule has 1 atom stereocenters. The summed E-state index contributed by atoms with van der Waals surface area (Å²) in [5.41, 5.74) is 0.480. The summed E-state index contributed by atoms with van der Waals surface area (Å²) in [5, 5.41) is 10.2. The SMILES string of the molecule is OC(c1ccc(Cl)c(F)c1)c1cc(Br)c(Br)s1. The molecule has 2 rings (SSSR count). The molecule has 0 aliphatic rings. The maximum Gasteiger partial charge on any atom is 0.142 e. The fraction of sp³-hybridized carbons (Fsp3) is 0.0909.